The second-order valence-corrected chi connectivity index (χ2v) is 6.28. The van der Waals surface area contributed by atoms with E-state index in [0.717, 1.165) is 12.8 Å². The summed E-state index contributed by atoms with van der Waals surface area (Å²) < 4.78 is 13.1. The molecule has 2 saturated heterocycles. The van der Waals surface area contributed by atoms with Gasteiger partial charge in [0.15, 0.2) is 5.65 Å². The SMILES string of the molecule is CC1CN(C(=O)c2cccn3nnnc23)CC2(CCOCC2)O1. The van der Waals surface area contributed by atoms with Gasteiger partial charge in [0.05, 0.1) is 23.8 Å². The van der Waals surface area contributed by atoms with Crippen LogP contribution in [0.2, 0.25) is 0 Å². The van der Waals surface area contributed by atoms with Crippen molar-refractivity contribution in [1.82, 2.24) is 24.9 Å². The second-order valence-electron chi connectivity index (χ2n) is 6.28. The van der Waals surface area contributed by atoms with Crippen molar-refractivity contribution in [1.29, 1.82) is 0 Å². The zero-order valence-electron chi connectivity index (χ0n) is 13.0. The summed E-state index contributed by atoms with van der Waals surface area (Å²) in [7, 11) is 0. The molecule has 0 bridgehead atoms. The standard InChI is InChI=1S/C15H19N5O3/c1-11-9-19(10-15(23-11)4-7-22-8-5-15)14(21)12-3-2-6-20-13(12)16-17-18-20/h2-3,6,11H,4-5,7-10H2,1H3. The van der Waals surface area contributed by atoms with Gasteiger partial charge in [0.1, 0.15) is 0 Å². The molecule has 2 aromatic rings. The van der Waals surface area contributed by atoms with E-state index in [4.69, 9.17) is 9.47 Å². The molecule has 2 aliphatic rings. The Morgan fingerprint density at radius 2 is 2.22 bits per heavy atom. The van der Waals surface area contributed by atoms with E-state index in [1.54, 1.807) is 18.3 Å². The number of tetrazole rings is 1. The number of fused-ring (bicyclic) bond motifs is 1. The summed E-state index contributed by atoms with van der Waals surface area (Å²) >= 11 is 0. The fraction of sp³-hybridized carbons (Fsp3) is 0.600. The Hall–Kier alpha value is -2.06. The number of morpholine rings is 1. The number of aromatic nitrogens is 4. The summed E-state index contributed by atoms with van der Waals surface area (Å²) in [5.74, 6) is -0.0496. The van der Waals surface area contributed by atoms with Gasteiger partial charge in [-0.1, -0.05) is 0 Å². The molecule has 0 radical (unpaired) electrons. The minimum absolute atomic E-state index is 0.00141. The molecule has 0 N–H and O–H groups in total. The number of rotatable bonds is 1. The molecule has 4 rings (SSSR count). The monoisotopic (exact) mass is 317 g/mol. The lowest BCUT2D eigenvalue weighted by Crippen LogP contribution is -2.58. The van der Waals surface area contributed by atoms with Crippen molar-refractivity contribution >= 4 is 11.6 Å². The smallest absolute Gasteiger partial charge is 0.257 e. The molecule has 23 heavy (non-hydrogen) atoms. The van der Waals surface area contributed by atoms with E-state index in [0.29, 0.717) is 37.5 Å². The molecular formula is C15H19N5O3. The summed E-state index contributed by atoms with van der Waals surface area (Å²) in [5.41, 5.74) is 0.717. The third-order valence-electron chi connectivity index (χ3n) is 4.55. The fourth-order valence-corrected chi connectivity index (χ4v) is 3.50. The van der Waals surface area contributed by atoms with E-state index in [2.05, 4.69) is 15.5 Å². The molecular weight excluding hydrogens is 298 g/mol. The molecule has 2 aliphatic heterocycles. The molecule has 2 fully saturated rings. The lowest BCUT2D eigenvalue weighted by atomic mass is 9.91. The maximum absolute atomic E-state index is 13.0. The number of amides is 1. The van der Waals surface area contributed by atoms with Crippen LogP contribution in [0, 0.1) is 0 Å². The van der Waals surface area contributed by atoms with E-state index >= 15 is 0 Å². The van der Waals surface area contributed by atoms with Gasteiger partial charge in [0, 0.05) is 38.8 Å². The quantitative estimate of drug-likeness (QED) is 0.763. The van der Waals surface area contributed by atoms with Crippen molar-refractivity contribution in [2.75, 3.05) is 26.3 Å². The highest BCUT2D eigenvalue weighted by atomic mass is 16.5. The van der Waals surface area contributed by atoms with Crippen molar-refractivity contribution in [2.24, 2.45) is 0 Å². The number of nitrogens with zero attached hydrogens (tertiary/aromatic N) is 5. The van der Waals surface area contributed by atoms with Gasteiger partial charge in [0.2, 0.25) is 0 Å². The summed E-state index contributed by atoms with van der Waals surface area (Å²) in [6, 6.07) is 3.55. The van der Waals surface area contributed by atoms with Crippen LogP contribution >= 0.6 is 0 Å². The Labute approximate surface area is 133 Å². The Morgan fingerprint density at radius 1 is 1.39 bits per heavy atom. The minimum Gasteiger partial charge on any atom is -0.381 e. The average molecular weight is 317 g/mol. The third-order valence-corrected chi connectivity index (χ3v) is 4.55. The van der Waals surface area contributed by atoms with Crippen LogP contribution in [-0.4, -0.2) is 68.9 Å². The molecule has 8 nitrogen and oxygen atoms in total. The normalized spacial score (nSPS) is 24.2. The van der Waals surface area contributed by atoms with Gasteiger partial charge in [-0.3, -0.25) is 4.79 Å². The molecule has 8 heteroatoms. The zero-order valence-corrected chi connectivity index (χ0v) is 13.0. The van der Waals surface area contributed by atoms with E-state index in [1.165, 1.54) is 4.52 Å². The molecule has 0 aliphatic carbocycles. The summed E-state index contributed by atoms with van der Waals surface area (Å²) in [6.45, 7) is 4.53. The molecule has 4 heterocycles. The molecule has 1 unspecified atom stereocenters. The van der Waals surface area contributed by atoms with Crippen molar-refractivity contribution in [3.05, 3.63) is 23.9 Å². The van der Waals surface area contributed by atoms with E-state index in [1.807, 2.05) is 11.8 Å². The predicted molar refractivity (Wildman–Crippen MR) is 80.0 cm³/mol. The van der Waals surface area contributed by atoms with Gasteiger partial charge in [-0.2, -0.15) is 4.52 Å². The summed E-state index contributed by atoms with van der Waals surface area (Å²) in [4.78, 5) is 14.9. The number of pyridine rings is 1. The highest BCUT2D eigenvalue weighted by Gasteiger charge is 2.42. The minimum atomic E-state index is -0.289. The number of hydrogen-bond donors (Lipinski definition) is 0. The van der Waals surface area contributed by atoms with Crippen LogP contribution in [0.25, 0.3) is 5.65 Å². The molecule has 1 atom stereocenters. The second kappa shape index (κ2) is 5.54. The van der Waals surface area contributed by atoms with Crippen molar-refractivity contribution < 1.29 is 14.3 Å². The Morgan fingerprint density at radius 3 is 3.04 bits per heavy atom. The molecule has 2 aromatic heterocycles. The first-order valence-corrected chi connectivity index (χ1v) is 7.88. The largest absolute Gasteiger partial charge is 0.381 e. The molecule has 1 spiro atoms. The summed E-state index contributed by atoms with van der Waals surface area (Å²) in [6.07, 6.45) is 3.37. The first-order chi connectivity index (χ1) is 11.2. The molecule has 1 amide bonds. The molecule has 0 aromatic carbocycles. The van der Waals surface area contributed by atoms with E-state index in [-0.39, 0.29) is 17.6 Å². The first-order valence-electron chi connectivity index (χ1n) is 7.88. The maximum Gasteiger partial charge on any atom is 0.257 e. The highest BCUT2D eigenvalue weighted by Crippen LogP contribution is 2.32. The van der Waals surface area contributed by atoms with Gasteiger partial charge in [-0.15, -0.1) is 5.10 Å². The predicted octanol–water partition coefficient (Wildman–Crippen LogP) is 0.534. The lowest BCUT2D eigenvalue weighted by molar-refractivity contribution is -0.176. The zero-order chi connectivity index (χ0) is 15.9. The van der Waals surface area contributed by atoms with Crippen LogP contribution in [0.5, 0.6) is 0 Å². The lowest BCUT2D eigenvalue weighted by Gasteiger charge is -2.47. The van der Waals surface area contributed by atoms with Crippen molar-refractivity contribution in [2.45, 2.75) is 31.5 Å². The van der Waals surface area contributed by atoms with Gasteiger partial charge in [-0.25, -0.2) is 0 Å². The molecule has 122 valence electrons. The Balaban J connectivity index is 1.63. The third kappa shape index (κ3) is 2.57. The van der Waals surface area contributed by atoms with Crippen LogP contribution in [0.1, 0.15) is 30.1 Å². The van der Waals surface area contributed by atoms with Crippen LogP contribution in [0.4, 0.5) is 0 Å². The van der Waals surface area contributed by atoms with Crippen molar-refractivity contribution in [3.8, 4) is 0 Å². The number of ether oxygens (including phenoxy) is 2. The average Bonchev–Trinajstić information content (AvgIpc) is 3.02. The Kier molecular flexibility index (Phi) is 3.50. The van der Waals surface area contributed by atoms with Crippen LogP contribution < -0.4 is 0 Å². The number of hydrogen-bond acceptors (Lipinski definition) is 6. The summed E-state index contributed by atoms with van der Waals surface area (Å²) in [5, 5.41) is 11.4. The van der Waals surface area contributed by atoms with Gasteiger partial charge in [-0.05, 0) is 29.5 Å². The van der Waals surface area contributed by atoms with Gasteiger partial charge in [0.25, 0.3) is 5.91 Å². The Bertz CT molecular complexity index is 725. The van der Waals surface area contributed by atoms with Crippen LogP contribution in [0.15, 0.2) is 18.3 Å². The first kappa shape index (κ1) is 14.5. The number of carbonyl (C=O) groups excluding carboxylic acids is 1. The van der Waals surface area contributed by atoms with Gasteiger partial charge >= 0.3 is 0 Å². The van der Waals surface area contributed by atoms with Crippen LogP contribution in [0.3, 0.4) is 0 Å². The van der Waals surface area contributed by atoms with Crippen molar-refractivity contribution in [3.63, 3.8) is 0 Å². The van der Waals surface area contributed by atoms with Gasteiger partial charge < -0.3 is 14.4 Å². The van der Waals surface area contributed by atoms with Crippen LogP contribution in [-0.2, 0) is 9.47 Å². The highest BCUT2D eigenvalue weighted by molar-refractivity contribution is 5.99. The topological polar surface area (TPSA) is 81.9 Å². The number of carbonyl (C=O) groups is 1. The molecule has 0 saturated carbocycles. The maximum atomic E-state index is 13.0. The fourth-order valence-electron chi connectivity index (χ4n) is 3.50. The van der Waals surface area contributed by atoms with E-state index < -0.39 is 0 Å². The van der Waals surface area contributed by atoms with E-state index in [9.17, 15) is 4.79 Å².